The molecule has 0 unspecified atom stereocenters. The fourth-order valence-electron chi connectivity index (χ4n) is 12.4. The van der Waals surface area contributed by atoms with Gasteiger partial charge in [-0.15, -0.1) is 0 Å². The molecule has 0 saturated heterocycles. The number of rotatable bonds is 4. The van der Waals surface area contributed by atoms with Gasteiger partial charge in [0.1, 0.15) is 50.7 Å². The van der Waals surface area contributed by atoms with Crippen LogP contribution >= 0.6 is 0 Å². The summed E-state index contributed by atoms with van der Waals surface area (Å²) in [6, 6.07) is 72.9. The lowest BCUT2D eigenvalue weighted by molar-refractivity contribution is 0.668. The Kier molecular flexibility index (Phi) is 7.99. The van der Waals surface area contributed by atoms with Crippen LogP contribution in [0.5, 0.6) is 0 Å². The molecule has 17 aromatic rings. The van der Waals surface area contributed by atoms with E-state index >= 15 is 0 Å². The molecule has 0 aliphatic carbocycles. The Morgan fingerprint density at radius 3 is 1.18 bits per heavy atom. The lowest BCUT2D eigenvalue weighted by atomic mass is 10.00. The molecule has 0 spiro atoms. The number of benzene rings is 11. The summed E-state index contributed by atoms with van der Waals surface area (Å²) in [4.78, 5) is 4.28. The molecule has 0 aliphatic rings. The topological polar surface area (TPSA) is 90.6 Å². The van der Waals surface area contributed by atoms with E-state index in [0.717, 1.165) is 154 Å². The van der Waals surface area contributed by atoms with Crippen molar-refractivity contribution in [1.82, 2.24) is 9.13 Å². The predicted octanol–water partition coefficient (Wildman–Crippen LogP) is 19.2. The van der Waals surface area contributed by atoms with Crippen molar-refractivity contribution in [3.8, 4) is 39.7 Å². The van der Waals surface area contributed by atoms with E-state index in [1.165, 1.54) is 0 Å². The quantitative estimate of drug-likeness (QED) is 0.164. The number of nitriles is 1. The molecule has 0 N–H and O–H groups in total. The Balaban J connectivity index is 0.979. The number of hydrogen-bond acceptors (Lipinski definition) is 5. The van der Waals surface area contributed by atoms with E-state index in [4.69, 9.17) is 24.2 Å². The fraction of sp³-hybridized carbons (Fsp3) is 0. The third kappa shape index (κ3) is 5.43. The molecule has 11 aromatic carbocycles. The highest BCUT2D eigenvalue weighted by molar-refractivity contribution is 6.27. The van der Waals surface area contributed by atoms with Gasteiger partial charge in [-0.1, -0.05) is 109 Å². The zero-order chi connectivity index (χ0) is 49.9. The van der Waals surface area contributed by atoms with E-state index in [2.05, 4.69) is 129 Å². The second-order valence-corrected chi connectivity index (χ2v) is 19.7. The molecule has 8 heteroatoms. The van der Waals surface area contributed by atoms with Crippen LogP contribution in [0.1, 0.15) is 5.56 Å². The predicted molar refractivity (Wildman–Crippen MR) is 306 cm³/mol. The van der Waals surface area contributed by atoms with Crippen molar-refractivity contribution in [2.24, 2.45) is 0 Å². The van der Waals surface area contributed by atoms with E-state index in [1.807, 2.05) is 84.9 Å². The number of furan rings is 4. The highest BCUT2D eigenvalue weighted by Gasteiger charge is 2.28. The van der Waals surface area contributed by atoms with Gasteiger partial charge in [-0.3, -0.25) is 0 Å². The molecule has 0 saturated carbocycles. The number of para-hydroxylation sites is 4. The minimum atomic E-state index is 0.385. The van der Waals surface area contributed by atoms with Crippen LogP contribution in [-0.4, -0.2) is 9.13 Å². The lowest BCUT2D eigenvalue weighted by Crippen LogP contribution is -2.06. The van der Waals surface area contributed by atoms with Crippen LogP contribution in [-0.2, 0) is 0 Å². The number of fused-ring (bicyclic) bond motifs is 20. The smallest absolute Gasteiger partial charge is 0.212 e. The average Bonchev–Trinajstić information content (AvgIpc) is 4.49. The third-order valence-electron chi connectivity index (χ3n) is 15.8. The van der Waals surface area contributed by atoms with Crippen LogP contribution in [0.15, 0.2) is 224 Å². The van der Waals surface area contributed by atoms with E-state index < -0.39 is 0 Å². The normalized spacial score (nSPS) is 12.2. The van der Waals surface area contributed by atoms with Crippen LogP contribution in [0.4, 0.5) is 5.69 Å². The molecule has 0 radical (unpaired) electrons. The average molecular weight is 971 g/mol. The highest BCUT2D eigenvalue weighted by atomic mass is 16.3. The van der Waals surface area contributed by atoms with E-state index in [9.17, 15) is 5.26 Å². The molecule has 8 nitrogen and oxygen atoms in total. The first-order chi connectivity index (χ1) is 37.6. The van der Waals surface area contributed by atoms with Crippen molar-refractivity contribution in [3.63, 3.8) is 0 Å². The Bertz CT molecular complexity index is 5180. The van der Waals surface area contributed by atoms with Crippen LogP contribution in [0, 0.1) is 17.9 Å². The number of hydrogen-bond donors (Lipinski definition) is 0. The summed E-state index contributed by atoms with van der Waals surface area (Å²) in [6.45, 7) is 8.90. The van der Waals surface area contributed by atoms with Crippen molar-refractivity contribution >= 4 is 137 Å². The Morgan fingerprint density at radius 2 is 0.724 bits per heavy atom. The third-order valence-corrected chi connectivity index (χ3v) is 15.8. The second kappa shape index (κ2) is 14.9. The van der Waals surface area contributed by atoms with Crippen LogP contribution in [0.3, 0.4) is 0 Å². The van der Waals surface area contributed by atoms with Gasteiger partial charge in [-0.2, -0.15) is 5.26 Å². The van der Waals surface area contributed by atoms with Crippen LogP contribution in [0.25, 0.3) is 170 Å². The van der Waals surface area contributed by atoms with Crippen molar-refractivity contribution in [1.29, 1.82) is 5.26 Å². The van der Waals surface area contributed by atoms with Gasteiger partial charge in [-0.25, -0.2) is 4.85 Å². The molecule has 76 heavy (non-hydrogen) atoms. The van der Waals surface area contributed by atoms with Crippen molar-refractivity contribution in [2.45, 2.75) is 0 Å². The molecule has 0 fully saturated rings. The Morgan fingerprint density at radius 1 is 0.342 bits per heavy atom. The minimum absolute atomic E-state index is 0.385. The number of aromatic nitrogens is 2. The summed E-state index contributed by atoms with van der Waals surface area (Å²) in [5, 5.41) is 23.3. The van der Waals surface area contributed by atoms with Gasteiger partial charge in [-0.05, 0) is 119 Å². The van der Waals surface area contributed by atoms with Crippen molar-refractivity contribution in [3.05, 3.63) is 223 Å². The van der Waals surface area contributed by atoms with Gasteiger partial charge in [0, 0.05) is 53.9 Å². The first-order valence-electron chi connectivity index (χ1n) is 25.1. The Labute approximate surface area is 430 Å². The van der Waals surface area contributed by atoms with Crippen LogP contribution in [0.2, 0.25) is 0 Å². The summed E-state index contributed by atoms with van der Waals surface area (Å²) in [5.74, 6) is 0. The minimum Gasteiger partial charge on any atom is -0.456 e. The maximum absolute atomic E-state index is 11.4. The maximum Gasteiger partial charge on any atom is 0.212 e. The molecule has 6 aromatic heterocycles. The zero-order valence-corrected chi connectivity index (χ0v) is 40.1. The molecule has 0 atom stereocenters. The summed E-state index contributed by atoms with van der Waals surface area (Å²) in [6.07, 6.45) is 0. The summed E-state index contributed by atoms with van der Waals surface area (Å²) in [7, 11) is 0. The number of nitrogens with zero attached hydrogens (tertiary/aromatic N) is 4. The molecular formula is C68H34N4O4. The van der Waals surface area contributed by atoms with Gasteiger partial charge in [0.25, 0.3) is 0 Å². The summed E-state index contributed by atoms with van der Waals surface area (Å²) < 4.78 is 30.6. The van der Waals surface area contributed by atoms with Crippen molar-refractivity contribution in [2.75, 3.05) is 0 Å². The zero-order valence-electron chi connectivity index (χ0n) is 40.1. The molecule has 0 bridgehead atoms. The Hall–Kier alpha value is -10.8. The van der Waals surface area contributed by atoms with Gasteiger partial charge in [0.15, 0.2) is 0 Å². The van der Waals surface area contributed by atoms with E-state index in [1.54, 1.807) is 12.1 Å². The fourth-order valence-corrected chi connectivity index (χ4v) is 12.4. The first-order valence-corrected chi connectivity index (χ1v) is 25.1. The van der Waals surface area contributed by atoms with Gasteiger partial charge in [0.05, 0.1) is 56.3 Å². The first kappa shape index (κ1) is 40.8. The molecule has 0 aliphatic heterocycles. The summed E-state index contributed by atoms with van der Waals surface area (Å²) >= 11 is 0. The van der Waals surface area contributed by atoms with E-state index in [0.29, 0.717) is 22.6 Å². The van der Waals surface area contributed by atoms with Gasteiger partial charge in [0.2, 0.25) is 5.69 Å². The van der Waals surface area contributed by atoms with Crippen LogP contribution < -0.4 is 0 Å². The van der Waals surface area contributed by atoms with Gasteiger partial charge >= 0.3 is 0 Å². The van der Waals surface area contributed by atoms with Gasteiger partial charge < -0.3 is 26.8 Å². The molecule has 0 amide bonds. The van der Waals surface area contributed by atoms with E-state index in [-0.39, 0.29) is 0 Å². The molecule has 6 heterocycles. The van der Waals surface area contributed by atoms with Crippen molar-refractivity contribution < 1.29 is 17.7 Å². The maximum atomic E-state index is 11.4. The highest BCUT2D eigenvalue weighted by Crippen LogP contribution is 2.49. The standard InChI is InChI=1S/C68H34N4O4/c1-70-52-25-18-41(36-69)65(71-53-26-19-37(39-21-30-61-48(32-39)44-12-4-6-14-57(44)73-61)34-50(53)63-55(71)28-23-46-42-10-2-8-16-59(42)75-67(46)63)66(52)72-54-27-20-38(40-22-31-62-49(33-40)45-13-5-7-15-58(45)74-62)35-51(54)64-56(72)29-24-47-43-11-3-9-17-60(43)76-68(47)64/h2-35H. The molecular weight excluding hydrogens is 937 g/mol. The monoisotopic (exact) mass is 970 g/mol. The SMILES string of the molecule is [C-]#[N+]c1ccc(C#N)c(-n2c3ccc(-c4ccc5oc6ccccc6c5c4)cc3c3c4oc5ccccc5c4ccc32)c1-n1c2ccc(-c3ccc4oc5ccccc5c4c3)cc2c2c3oc4ccccc4c3ccc21. The largest absolute Gasteiger partial charge is 0.456 e. The molecule has 17 rings (SSSR count). The lowest BCUT2D eigenvalue weighted by Gasteiger charge is -2.20. The second-order valence-electron chi connectivity index (χ2n) is 19.7. The summed E-state index contributed by atoms with van der Waals surface area (Å²) in [5.41, 5.74) is 15.8. The molecule has 350 valence electrons.